The molecule has 2 aromatic carbocycles. The third-order valence-electron chi connectivity index (χ3n) is 3.23. The molecular weight excluding hydrogens is 346 g/mol. The van der Waals surface area contributed by atoms with Gasteiger partial charge in [-0.15, -0.1) is 0 Å². The number of H-pyrrole nitrogens is 1. The van der Waals surface area contributed by atoms with E-state index in [2.05, 4.69) is 20.9 Å². The summed E-state index contributed by atoms with van der Waals surface area (Å²) < 4.78 is 5.88. The fourth-order valence-electron chi connectivity index (χ4n) is 2.14. The summed E-state index contributed by atoms with van der Waals surface area (Å²) in [6.07, 6.45) is 0. The second-order valence-corrected chi connectivity index (χ2v) is 5.70. The summed E-state index contributed by atoms with van der Waals surface area (Å²) >= 11 is 3.30. The fourth-order valence-corrected chi connectivity index (χ4v) is 2.54. The predicted molar refractivity (Wildman–Crippen MR) is 87.1 cm³/mol. The van der Waals surface area contributed by atoms with E-state index in [-0.39, 0.29) is 12.4 Å². The van der Waals surface area contributed by atoms with Crippen LogP contribution in [0.2, 0.25) is 0 Å². The van der Waals surface area contributed by atoms with Crippen LogP contribution in [-0.4, -0.2) is 23.3 Å². The van der Waals surface area contributed by atoms with E-state index in [0.717, 1.165) is 15.4 Å². The number of aromatic amines is 1. The van der Waals surface area contributed by atoms with Gasteiger partial charge in [0.25, 0.3) is 0 Å². The molecule has 0 radical (unpaired) electrons. The Balaban J connectivity index is 1.68. The van der Waals surface area contributed by atoms with Crippen LogP contribution in [0.1, 0.15) is 20.8 Å². The number of aromatic nitrogens is 1. The average Bonchev–Trinajstić information content (AvgIpc) is 2.96. The van der Waals surface area contributed by atoms with Crippen LogP contribution in [0.15, 0.2) is 59.1 Å². The Morgan fingerprint density at radius 1 is 1.05 bits per heavy atom. The molecule has 0 aliphatic heterocycles. The monoisotopic (exact) mass is 357 g/mol. The minimum atomic E-state index is -0.542. The topological polar surface area (TPSA) is 59.2 Å². The summed E-state index contributed by atoms with van der Waals surface area (Å²) in [6, 6.07) is 16.2. The van der Waals surface area contributed by atoms with Crippen molar-refractivity contribution in [3.8, 4) is 0 Å². The van der Waals surface area contributed by atoms with Gasteiger partial charge in [-0.25, -0.2) is 4.79 Å². The molecule has 3 rings (SSSR count). The van der Waals surface area contributed by atoms with Crippen molar-refractivity contribution in [2.75, 3.05) is 6.61 Å². The van der Waals surface area contributed by atoms with Crippen LogP contribution < -0.4 is 0 Å². The number of carbonyl (C=O) groups is 2. The number of benzene rings is 2. The first-order valence-corrected chi connectivity index (χ1v) is 7.46. The maximum atomic E-state index is 12.0. The van der Waals surface area contributed by atoms with Crippen molar-refractivity contribution >= 4 is 38.6 Å². The largest absolute Gasteiger partial charge is 0.453 e. The number of para-hydroxylation sites is 1. The summed E-state index contributed by atoms with van der Waals surface area (Å²) in [5, 5.41) is 0.924. The van der Waals surface area contributed by atoms with Crippen molar-refractivity contribution < 1.29 is 14.3 Å². The smallest absolute Gasteiger partial charge is 0.355 e. The van der Waals surface area contributed by atoms with Gasteiger partial charge in [0.05, 0.1) is 0 Å². The van der Waals surface area contributed by atoms with Gasteiger partial charge in [0, 0.05) is 20.9 Å². The molecule has 0 aliphatic rings. The number of hydrogen-bond donors (Lipinski definition) is 1. The van der Waals surface area contributed by atoms with E-state index >= 15 is 0 Å². The molecule has 4 nitrogen and oxygen atoms in total. The quantitative estimate of drug-likeness (QED) is 0.567. The van der Waals surface area contributed by atoms with Crippen LogP contribution in [0.5, 0.6) is 0 Å². The second-order valence-electron chi connectivity index (χ2n) is 4.78. The van der Waals surface area contributed by atoms with Gasteiger partial charge >= 0.3 is 5.97 Å². The van der Waals surface area contributed by atoms with E-state index in [4.69, 9.17) is 4.74 Å². The SMILES string of the molecule is O=C(COC(=O)c1cc2ccccc2[nH]1)c1cccc(Br)c1. The minimum absolute atomic E-state index is 0.245. The maximum Gasteiger partial charge on any atom is 0.355 e. The molecule has 0 bridgehead atoms. The highest BCUT2D eigenvalue weighted by molar-refractivity contribution is 9.10. The lowest BCUT2D eigenvalue weighted by molar-refractivity contribution is 0.0470. The van der Waals surface area contributed by atoms with Crippen LogP contribution in [0.3, 0.4) is 0 Å². The third kappa shape index (κ3) is 3.09. The first-order valence-electron chi connectivity index (χ1n) is 6.67. The number of Topliss-reactive ketones (excluding diaryl/α,β-unsaturated/α-hetero) is 1. The molecule has 0 aliphatic carbocycles. The van der Waals surface area contributed by atoms with Gasteiger partial charge in [0.15, 0.2) is 12.4 Å². The lowest BCUT2D eigenvalue weighted by Crippen LogP contribution is -2.14. The highest BCUT2D eigenvalue weighted by Crippen LogP contribution is 2.16. The van der Waals surface area contributed by atoms with Crippen LogP contribution >= 0.6 is 15.9 Å². The van der Waals surface area contributed by atoms with Gasteiger partial charge < -0.3 is 9.72 Å². The Morgan fingerprint density at radius 2 is 1.86 bits per heavy atom. The molecule has 0 spiro atoms. The fraction of sp³-hybridized carbons (Fsp3) is 0.0588. The van der Waals surface area contributed by atoms with Gasteiger partial charge in [0.2, 0.25) is 0 Å². The lowest BCUT2D eigenvalue weighted by atomic mass is 10.1. The number of fused-ring (bicyclic) bond motifs is 1. The molecule has 0 amide bonds. The second kappa shape index (κ2) is 6.15. The lowest BCUT2D eigenvalue weighted by Gasteiger charge is -2.03. The van der Waals surface area contributed by atoms with Crippen LogP contribution in [0.25, 0.3) is 10.9 Å². The Morgan fingerprint density at radius 3 is 2.64 bits per heavy atom. The molecule has 0 atom stereocenters. The standard InChI is InChI=1S/C17H12BrNO3/c18-13-6-3-5-12(8-13)16(20)10-22-17(21)15-9-11-4-1-2-7-14(11)19-15/h1-9,19H,10H2. The van der Waals surface area contributed by atoms with Crippen molar-refractivity contribution in [1.82, 2.24) is 4.98 Å². The van der Waals surface area contributed by atoms with Gasteiger partial charge in [-0.1, -0.05) is 46.3 Å². The number of nitrogens with one attached hydrogen (secondary N) is 1. The zero-order valence-electron chi connectivity index (χ0n) is 11.5. The molecule has 0 unspecified atom stereocenters. The Bertz CT molecular complexity index is 821. The van der Waals surface area contributed by atoms with Gasteiger partial charge in [-0.3, -0.25) is 4.79 Å². The van der Waals surface area contributed by atoms with E-state index < -0.39 is 5.97 Å². The third-order valence-corrected chi connectivity index (χ3v) is 3.72. The average molecular weight is 358 g/mol. The molecule has 3 aromatic rings. The molecule has 1 aromatic heterocycles. The summed E-state index contributed by atoms with van der Waals surface area (Å²) in [5.41, 5.74) is 1.69. The van der Waals surface area contributed by atoms with E-state index in [9.17, 15) is 9.59 Å². The number of ether oxygens (including phenoxy) is 1. The van der Waals surface area contributed by atoms with Gasteiger partial charge in [0.1, 0.15) is 5.69 Å². The zero-order chi connectivity index (χ0) is 15.5. The van der Waals surface area contributed by atoms with Crippen molar-refractivity contribution in [3.05, 3.63) is 70.3 Å². The van der Waals surface area contributed by atoms with E-state index in [1.807, 2.05) is 30.3 Å². The molecule has 110 valence electrons. The molecule has 0 saturated heterocycles. The molecular formula is C17H12BrNO3. The highest BCUT2D eigenvalue weighted by Gasteiger charge is 2.14. The van der Waals surface area contributed by atoms with Crippen LogP contribution in [-0.2, 0) is 4.74 Å². The molecule has 0 saturated carbocycles. The van der Waals surface area contributed by atoms with Crippen molar-refractivity contribution in [1.29, 1.82) is 0 Å². The van der Waals surface area contributed by atoms with Crippen molar-refractivity contribution in [3.63, 3.8) is 0 Å². The maximum absolute atomic E-state index is 12.0. The summed E-state index contributed by atoms with van der Waals surface area (Å²) in [5.74, 6) is -0.787. The minimum Gasteiger partial charge on any atom is -0.453 e. The Labute approximate surface area is 135 Å². The van der Waals surface area contributed by atoms with E-state index in [1.165, 1.54) is 0 Å². The number of ketones is 1. The van der Waals surface area contributed by atoms with E-state index in [1.54, 1.807) is 24.3 Å². The van der Waals surface area contributed by atoms with Gasteiger partial charge in [-0.2, -0.15) is 0 Å². The summed E-state index contributed by atoms with van der Waals surface area (Å²) in [4.78, 5) is 27.0. The molecule has 0 fully saturated rings. The summed E-state index contributed by atoms with van der Waals surface area (Å²) in [7, 11) is 0. The number of halogens is 1. The van der Waals surface area contributed by atoms with E-state index in [0.29, 0.717) is 11.3 Å². The normalized spacial score (nSPS) is 10.6. The molecule has 1 heterocycles. The first-order chi connectivity index (χ1) is 10.6. The summed E-state index contributed by atoms with van der Waals surface area (Å²) in [6.45, 7) is -0.287. The number of rotatable bonds is 4. The highest BCUT2D eigenvalue weighted by atomic mass is 79.9. The molecule has 22 heavy (non-hydrogen) atoms. The molecule has 5 heteroatoms. The van der Waals surface area contributed by atoms with Crippen LogP contribution in [0.4, 0.5) is 0 Å². The Hall–Kier alpha value is -2.40. The van der Waals surface area contributed by atoms with Crippen molar-refractivity contribution in [2.24, 2.45) is 0 Å². The number of hydrogen-bond acceptors (Lipinski definition) is 3. The van der Waals surface area contributed by atoms with Crippen LogP contribution in [0, 0.1) is 0 Å². The Kier molecular flexibility index (Phi) is 4.06. The number of esters is 1. The zero-order valence-corrected chi connectivity index (χ0v) is 13.1. The van der Waals surface area contributed by atoms with Gasteiger partial charge in [-0.05, 0) is 24.3 Å². The van der Waals surface area contributed by atoms with Crippen molar-refractivity contribution in [2.45, 2.75) is 0 Å². The first kappa shape index (κ1) is 14.5. The molecule has 1 N–H and O–H groups in total. The number of carbonyl (C=O) groups excluding carboxylic acids is 2. The predicted octanol–water partition coefficient (Wildman–Crippen LogP) is 3.97.